The van der Waals surface area contributed by atoms with Crippen molar-refractivity contribution in [2.75, 3.05) is 36.5 Å². The molecule has 1 aromatic heterocycles. The molecule has 9 heteroatoms. The molecule has 2 heterocycles. The van der Waals surface area contributed by atoms with E-state index in [0.717, 1.165) is 36.8 Å². The van der Waals surface area contributed by atoms with Gasteiger partial charge in [0.2, 0.25) is 10.3 Å². The van der Waals surface area contributed by atoms with Crippen molar-refractivity contribution in [1.82, 2.24) is 10.2 Å². The summed E-state index contributed by atoms with van der Waals surface area (Å²) >= 11 is 1.32. The molecule has 4 rings (SSSR count). The van der Waals surface area contributed by atoms with Gasteiger partial charge in [-0.3, -0.25) is 10.1 Å². The average Bonchev–Trinajstić information content (AvgIpc) is 3.35. The average molecular weight is 476 g/mol. The largest absolute Gasteiger partial charge is 0.490 e. The molecule has 1 aliphatic heterocycles. The number of hydrogen-bond donors (Lipinski definition) is 1. The predicted octanol–water partition coefficient (Wildman–Crippen LogP) is 4.53. The third-order valence-electron chi connectivity index (χ3n) is 5.18. The summed E-state index contributed by atoms with van der Waals surface area (Å²) in [7, 11) is 0. The van der Waals surface area contributed by atoms with Crippen molar-refractivity contribution in [3.05, 3.63) is 65.7 Å². The van der Waals surface area contributed by atoms with Gasteiger partial charge < -0.3 is 14.4 Å². The van der Waals surface area contributed by atoms with Gasteiger partial charge in [-0.1, -0.05) is 41.7 Å². The van der Waals surface area contributed by atoms with Crippen LogP contribution in [0.4, 0.5) is 10.3 Å². The van der Waals surface area contributed by atoms with Crippen LogP contribution >= 0.6 is 11.3 Å². The summed E-state index contributed by atoms with van der Waals surface area (Å²) in [6.45, 7) is 2.73. The van der Waals surface area contributed by atoms with Crippen LogP contribution in [0, 0.1) is 11.3 Å². The number of aromatic nitrogens is 2. The summed E-state index contributed by atoms with van der Waals surface area (Å²) in [4.78, 5) is 14.8. The van der Waals surface area contributed by atoms with Gasteiger partial charge in [-0.25, -0.2) is 0 Å². The highest BCUT2D eigenvalue weighted by molar-refractivity contribution is 7.19. The molecule has 0 atom stereocenters. The van der Waals surface area contributed by atoms with Crippen LogP contribution in [0.25, 0.3) is 6.08 Å². The number of amides is 1. The first-order valence-electron chi connectivity index (χ1n) is 11.1. The predicted molar refractivity (Wildman–Crippen MR) is 132 cm³/mol. The Labute approximate surface area is 202 Å². The first-order valence-corrected chi connectivity index (χ1v) is 12.0. The van der Waals surface area contributed by atoms with Crippen molar-refractivity contribution >= 4 is 33.6 Å². The van der Waals surface area contributed by atoms with E-state index in [1.165, 1.54) is 23.8 Å². The van der Waals surface area contributed by atoms with E-state index >= 15 is 0 Å². The zero-order valence-electron chi connectivity index (χ0n) is 18.6. The number of carbonyl (C=O) groups excluding carboxylic acids is 1. The summed E-state index contributed by atoms with van der Waals surface area (Å²) in [6.07, 6.45) is 5.02. The minimum Gasteiger partial charge on any atom is -0.490 e. The Morgan fingerprint density at radius 1 is 1.00 bits per heavy atom. The molecular weight excluding hydrogens is 450 g/mol. The second kappa shape index (κ2) is 11.8. The van der Waals surface area contributed by atoms with E-state index in [1.54, 1.807) is 24.3 Å². The lowest BCUT2D eigenvalue weighted by atomic mass is 10.1. The van der Waals surface area contributed by atoms with Gasteiger partial charge in [0, 0.05) is 13.1 Å². The number of para-hydroxylation sites is 1. The summed E-state index contributed by atoms with van der Waals surface area (Å²) in [5.74, 6) is 0.961. The number of piperidine rings is 1. The third-order valence-corrected chi connectivity index (χ3v) is 6.08. The molecule has 1 amide bonds. The highest BCUT2D eigenvalue weighted by atomic mass is 32.1. The number of anilines is 2. The van der Waals surface area contributed by atoms with Crippen molar-refractivity contribution < 1.29 is 14.3 Å². The van der Waals surface area contributed by atoms with Crippen molar-refractivity contribution in [3.8, 4) is 17.6 Å². The maximum Gasteiger partial charge on any atom is 0.268 e. The van der Waals surface area contributed by atoms with Gasteiger partial charge >= 0.3 is 0 Å². The summed E-state index contributed by atoms with van der Waals surface area (Å²) in [6, 6.07) is 18.7. The zero-order chi connectivity index (χ0) is 23.6. The van der Waals surface area contributed by atoms with Crippen molar-refractivity contribution in [2.45, 2.75) is 19.3 Å². The van der Waals surface area contributed by atoms with E-state index in [-0.39, 0.29) is 5.57 Å². The molecule has 0 unspecified atom stereocenters. The van der Waals surface area contributed by atoms with Crippen LogP contribution in [0.2, 0.25) is 0 Å². The van der Waals surface area contributed by atoms with Gasteiger partial charge in [0.05, 0.1) is 0 Å². The number of nitrogens with zero attached hydrogens (tertiary/aromatic N) is 4. The molecule has 8 nitrogen and oxygen atoms in total. The van der Waals surface area contributed by atoms with Crippen LogP contribution in [0.15, 0.2) is 60.2 Å². The van der Waals surface area contributed by atoms with Crippen molar-refractivity contribution in [2.24, 2.45) is 0 Å². The molecule has 0 aliphatic carbocycles. The van der Waals surface area contributed by atoms with Gasteiger partial charge in [-0.05, 0) is 55.2 Å². The van der Waals surface area contributed by atoms with Crippen LogP contribution in [0.1, 0.15) is 24.8 Å². The fourth-order valence-corrected chi connectivity index (χ4v) is 4.25. The molecule has 1 fully saturated rings. The maximum absolute atomic E-state index is 12.6. The van der Waals surface area contributed by atoms with Crippen molar-refractivity contribution in [3.63, 3.8) is 0 Å². The van der Waals surface area contributed by atoms with E-state index in [9.17, 15) is 10.1 Å². The van der Waals surface area contributed by atoms with E-state index in [0.29, 0.717) is 29.7 Å². The SMILES string of the molecule is N#C/C(=C/c1ccc(OCCOc2ccccc2)cc1)C(=O)Nc1nnc(N2CCCCC2)s1. The molecule has 0 bridgehead atoms. The lowest BCUT2D eigenvalue weighted by Crippen LogP contribution is -2.29. The maximum atomic E-state index is 12.6. The van der Waals surface area contributed by atoms with Gasteiger partial charge in [0.15, 0.2) is 0 Å². The Balaban J connectivity index is 1.29. The van der Waals surface area contributed by atoms with E-state index in [1.807, 2.05) is 36.4 Å². The second-order valence-corrected chi connectivity index (χ2v) is 8.60. The van der Waals surface area contributed by atoms with Gasteiger partial charge in [0.25, 0.3) is 5.91 Å². The Hall–Kier alpha value is -3.90. The molecule has 3 aromatic rings. The molecule has 1 saturated heterocycles. The third kappa shape index (κ3) is 6.56. The molecule has 34 heavy (non-hydrogen) atoms. The molecule has 174 valence electrons. The molecular formula is C25H25N5O3S. The Kier molecular flexibility index (Phi) is 8.08. The Morgan fingerprint density at radius 2 is 1.68 bits per heavy atom. The first kappa shape index (κ1) is 23.3. The topological polar surface area (TPSA) is 100 Å². The standard InChI is InChI=1S/C25H25N5O3S/c26-18-20(23(31)27-24-28-29-25(34-24)30-13-5-2-6-14-30)17-19-9-11-22(12-10-19)33-16-15-32-21-7-3-1-4-8-21/h1,3-4,7-12,17H,2,5-6,13-16H2,(H,27,28,31)/b20-17-. The molecule has 0 spiro atoms. The lowest BCUT2D eigenvalue weighted by molar-refractivity contribution is -0.112. The van der Waals surface area contributed by atoms with Gasteiger partial charge in [0.1, 0.15) is 36.4 Å². The number of hydrogen-bond acceptors (Lipinski definition) is 8. The fraction of sp³-hybridized carbons (Fsp3) is 0.280. The fourth-order valence-electron chi connectivity index (χ4n) is 3.45. The molecule has 2 aromatic carbocycles. The van der Waals surface area contributed by atoms with Crippen LogP contribution in [0.3, 0.4) is 0 Å². The lowest BCUT2D eigenvalue weighted by Gasteiger charge is -2.25. The number of benzene rings is 2. The number of nitriles is 1. The molecule has 0 radical (unpaired) electrons. The van der Waals surface area contributed by atoms with Crippen LogP contribution in [-0.4, -0.2) is 42.4 Å². The summed E-state index contributed by atoms with van der Waals surface area (Å²) < 4.78 is 11.3. The number of carbonyl (C=O) groups is 1. The summed E-state index contributed by atoms with van der Waals surface area (Å²) in [5.41, 5.74) is 0.700. The van der Waals surface area contributed by atoms with Crippen LogP contribution < -0.4 is 19.7 Å². The molecule has 1 N–H and O–H groups in total. The molecule has 0 saturated carbocycles. The normalized spacial score (nSPS) is 13.7. The highest BCUT2D eigenvalue weighted by Gasteiger charge is 2.17. The van der Waals surface area contributed by atoms with Gasteiger partial charge in [-0.2, -0.15) is 5.26 Å². The number of nitrogens with one attached hydrogen (secondary N) is 1. The van der Waals surface area contributed by atoms with Gasteiger partial charge in [-0.15, -0.1) is 10.2 Å². The highest BCUT2D eigenvalue weighted by Crippen LogP contribution is 2.27. The minimum absolute atomic E-state index is 0.0142. The summed E-state index contributed by atoms with van der Waals surface area (Å²) in [5, 5.41) is 21.6. The van der Waals surface area contributed by atoms with Crippen LogP contribution in [0.5, 0.6) is 11.5 Å². The van der Waals surface area contributed by atoms with E-state index < -0.39 is 5.91 Å². The van der Waals surface area contributed by atoms with Crippen molar-refractivity contribution in [1.29, 1.82) is 5.26 Å². The van der Waals surface area contributed by atoms with E-state index in [4.69, 9.17) is 9.47 Å². The number of ether oxygens (including phenoxy) is 2. The first-order chi connectivity index (χ1) is 16.7. The Morgan fingerprint density at radius 3 is 2.35 bits per heavy atom. The monoisotopic (exact) mass is 475 g/mol. The van der Waals surface area contributed by atoms with Crippen LogP contribution in [-0.2, 0) is 4.79 Å². The Bertz CT molecular complexity index is 1150. The second-order valence-electron chi connectivity index (χ2n) is 7.64. The number of rotatable bonds is 9. The smallest absolute Gasteiger partial charge is 0.268 e. The molecule has 1 aliphatic rings. The quantitative estimate of drug-likeness (QED) is 0.276. The minimum atomic E-state index is -0.512. The zero-order valence-corrected chi connectivity index (χ0v) is 19.5. The van der Waals surface area contributed by atoms with E-state index in [2.05, 4.69) is 20.4 Å².